The average Bonchev–Trinajstić information content (AvgIpc) is 3.16. The van der Waals surface area contributed by atoms with Crippen LogP contribution in [0.1, 0.15) is 5.56 Å². The Morgan fingerprint density at radius 2 is 1.88 bits per heavy atom. The predicted molar refractivity (Wildman–Crippen MR) is 94.7 cm³/mol. The normalized spacial score (nSPS) is 11.4. The maximum atomic E-state index is 13.5. The van der Waals surface area contributed by atoms with Crippen molar-refractivity contribution in [3.63, 3.8) is 0 Å². The van der Waals surface area contributed by atoms with E-state index in [1.165, 1.54) is 18.2 Å². The lowest BCUT2D eigenvalue weighted by molar-refractivity contribution is 0.575. The van der Waals surface area contributed by atoms with E-state index >= 15 is 0 Å². The van der Waals surface area contributed by atoms with Crippen molar-refractivity contribution >= 4 is 15.8 Å². The summed E-state index contributed by atoms with van der Waals surface area (Å²) >= 11 is 0. The van der Waals surface area contributed by atoms with Gasteiger partial charge in [-0.05, 0) is 24.3 Å². The highest BCUT2D eigenvalue weighted by Crippen LogP contribution is 2.10. The fourth-order valence-corrected chi connectivity index (χ4v) is 3.37. The number of anilines is 1. The lowest BCUT2D eigenvalue weighted by Crippen LogP contribution is -2.30. The van der Waals surface area contributed by atoms with Gasteiger partial charge >= 0.3 is 0 Å². The predicted octanol–water partition coefficient (Wildman–Crippen LogP) is 1.33. The third-order valence-corrected chi connectivity index (χ3v) is 4.78. The number of hydrogen-bond acceptors (Lipinski definition) is 6. The number of nitrogens with zero attached hydrogens (tertiary/aromatic N) is 4. The third-order valence-electron chi connectivity index (χ3n) is 3.45. The van der Waals surface area contributed by atoms with Gasteiger partial charge in [0.05, 0.1) is 5.75 Å². The van der Waals surface area contributed by atoms with E-state index < -0.39 is 21.6 Å². The zero-order valence-electron chi connectivity index (χ0n) is 13.7. The molecule has 0 saturated heterocycles. The Morgan fingerprint density at radius 3 is 2.58 bits per heavy atom. The number of hydrogen-bond donors (Lipinski definition) is 2. The van der Waals surface area contributed by atoms with Crippen LogP contribution in [0.15, 0.2) is 54.9 Å². The number of benzene rings is 1. The van der Waals surface area contributed by atoms with Crippen molar-refractivity contribution in [1.29, 1.82) is 0 Å². The minimum atomic E-state index is -3.63. The van der Waals surface area contributed by atoms with Crippen LogP contribution in [0.3, 0.4) is 0 Å². The van der Waals surface area contributed by atoms with Crippen LogP contribution in [-0.2, 0) is 15.8 Å². The average molecular weight is 376 g/mol. The molecule has 0 radical (unpaired) electrons. The van der Waals surface area contributed by atoms with Crippen LogP contribution in [0, 0.1) is 5.82 Å². The lowest BCUT2D eigenvalue weighted by Gasteiger charge is -2.09. The van der Waals surface area contributed by atoms with Crippen molar-refractivity contribution in [2.75, 3.05) is 18.4 Å². The van der Waals surface area contributed by atoms with Crippen LogP contribution in [0.2, 0.25) is 0 Å². The minimum Gasteiger partial charge on any atom is -0.367 e. The summed E-state index contributed by atoms with van der Waals surface area (Å²) in [4.78, 5) is 0. The van der Waals surface area contributed by atoms with Gasteiger partial charge in [-0.2, -0.15) is 5.10 Å². The lowest BCUT2D eigenvalue weighted by atomic mass is 10.2. The van der Waals surface area contributed by atoms with Crippen LogP contribution in [-0.4, -0.2) is 41.5 Å². The Morgan fingerprint density at radius 1 is 1.04 bits per heavy atom. The van der Waals surface area contributed by atoms with E-state index in [1.807, 2.05) is 0 Å². The van der Waals surface area contributed by atoms with Gasteiger partial charge in [0.2, 0.25) is 10.0 Å². The molecule has 8 nitrogen and oxygen atoms in total. The van der Waals surface area contributed by atoms with Gasteiger partial charge in [-0.25, -0.2) is 22.2 Å². The highest BCUT2D eigenvalue weighted by Gasteiger charge is 2.13. The Balaban J connectivity index is 1.47. The van der Waals surface area contributed by atoms with E-state index in [9.17, 15) is 12.8 Å². The molecule has 0 aliphatic rings. The SMILES string of the molecule is O=S(=O)(Cc1ccccc1F)NCCNc1ccc(-n2cccn2)nn1. The first-order chi connectivity index (χ1) is 12.5. The molecule has 0 unspecified atom stereocenters. The molecule has 10 heteroatoms. The van der Waals surface area contributed by atoms with Gasteiger partial charge in [-0.1, -0.05) is 18.2 Å². The van der Waals surface area contributed by atoms with E-state index in [4.69, 9.17) is 0 Å². The Bertz CT molecular complexity index is 945. The van der Waals surface area contributed by atoms with E-state index in [0.29, 0.717) is 18.2 Å². The molecule has 26 heavy (non-hydrogen) atoms. The molecule has 2 heterocycles. The van der Waals surface area contributed by atoms with Crippen LogP contribution in [0.25, 0.3) is 5.82 Å². The van der Waals surface area contributed by atoms with Crippen molar-refractivity contribution in [2.45, 2.75) is 5.75 Å². The van der Waals surface area contributed by atoms with Crippen molar-refractivity contribution in [2.24, 2.45) is 0 Å². The van der Waals surface area contributed by atoms with Crippen molar-refractivity contribution < 1.29 is 12.8 Å². The van der Waals surface area contributed by atoms with E-state index in [2.05, 4.69) is 25.3 Å². The summed E-state index contributed by atoms with van der Waals surface area (Å²) in [6.07, 6.45) is 3.39. The molecule has 0 aliphatic heterocycles. The molecule has 136 valence electrons. The van der Waals surface area contributed by atoms with Gasteiger partial charge in [0, 0.05) is 31.0 Å². The molecule has 3 rings (SSSR count). The summed E-state index contributed by atoms with van der Waals surface area (Å²) in [7, 11) is -3.63. The first kappa shape index (κ1) is 18.0. The first-order valence-electron chi connectivity index (χ1n) is 7.82. The molecule has 3 aromatic rings. The van der Waals surface area contributed by atoms with E-state index in [1.54, 1.807) is 41.3 Å². The standard InChI is InChI=1S/C16H17FN6O2S/c17-14-5-2-1-4-13(14)12-26(24,25)20-10-9-18-15-6-7-16(22-21-15)23-11-3-8-19-23/h1-8,11,20H,9-10,12H2,(H,18,21). The first-order valence-corrected chi connectivity index (χ1v) is 9.47. The van der Waals surface area contributed by atoms with Crippen molar-refractivity contribution in [3.8, 4) is 5.82 Å². The fourth-order valence-electron chi connectivity index (χ4n) is 2.21. The maximum absolute atomic E-state index is 13.5. The Kier molecular flexibility index (Phi) is 5.54. The second kappa shape index (κ2) is 8.02. The summed E-state index contributed by atoms with van der Waals surface area (Å²) in [5, 5.41) is 15.0. The Hall–Kier alpha value is -2.85. The van der Waals surface area contributed by atoms with E-state index in [-0.39, 0.29) is 12.1 Å². The summed E-state index contributed by atoms with van der Waals surface area (Å²) in [6.45, 7) is 0.450. The molecule has 0 aliphatic carbocycles. The quantitative estimate of drug-likeness (QED) is 0.575. The minimum absolute atomic E-state index is 0.132. The van der Waals surface area contributed by atoms with Crippen LogP contribution in [0.5, 0.6) is 0 Å². The fraction of sp³-hybridized carbons (Fsp3) is 0.188. The zero-order chi connectivity index (χ0) is 18.4. The second-order valence-electron chi connectivity index (χ2n) is 5.40. The maximum Gasteiger partial charge on any atom is 0.215 e. The molecule has 0 fully saturated rings. The van der Waals surface area contributed by atoms with Gasteiger partial charge in [-0.3, -0.25) is 0 Å². The number of halogens is 1. The van der Waals surface area contributed by atoms with Crippen molar-refractivity contribution in [1.82, 2.24) is 24.7 Å². The highest BCUT2D eigenvalue weighted by molar-refractivity contribution is 7.88. The van der Waals surface area contributed by atoms with Gasteiger partial charge in [0.25, 0.3) is 0 Å². The highest BCUT2D eigenvalue weighted by atomic mass is 32.2. The number of sulfonamides is 1. The molecule has 2 aromatic heterocycles. The number of rotatable bonds is 8. The monoisotopic (exact) mass is 376 g/mol. The molecule has 1 aromatic carbocycles. The smallest absolute Gasteiger partial charge is 0.215 e. The molecule has 0 amide bonds. The molecule has 0 atom stereocenters. The zero-order valence-corrected chi connectivity index (χ0v) is 14.5. The summed E-state index contributed by atoms with van der Waals surface area (Å²) in [6, 6.07) is 11.0. The Labute approximate surface area is 150 Å². The van der Waals surface area contributed by atoms with E-state index in [0.717, 1.165) is 0 Å². The van der Waals surface area contributed by atoms with Gasteiger partial charge in [-0.15, -0.1) is 10.2 Å². The largest absolute Gasteiger partial charge is 0.367 e. The summed E-state index contributed by atoms with van der Waals surface area (Å²) in [5.41, 5.74) is 0.132. The van der Waals surface area contributed by atoms with Gasteiger partial charge < -0.3 is 5.32 Å². The van der Waals surface area contributed by atoms with Crippen LogP contribution >= 0.6 is 0 Å². The molecule has 0 saturated carbocycles. The topological polar surface area (TPSA) is 102 Å². The third kappa shape index (κ3) is 4.83. The molecule has 2 N–H and O–H groups in total. The second-order valence-corrected chi connectivity index (χ2v) is 7.21. The number of nitrogens with one attached hydrogen (secondary N) is 2. The van der Waals surface area contributed by atoms with Gasteiger partial charge in [0.15, 0.2) is 5.82 Å². The molecule has 0 spiro atoms. The number of aromatic nitrogens is 4. The van der Waals surface area contributed by atoms with Crippen LogP contribution in [0.4, 0.5) is 10.2 Å². The van der Waals surface area contributed by atoms with Crippen LogP contribution < -0.4 is 10.0 Å². The van der Waals surface area contributed by atoms with Crippen molar-refractivity contribution in [3.05, 3.63) is 66.2 Å². The molecular formula is C16H17FN6O2S. The molecule has 0 bridgehead atoms. The summed E-state index contributed by atoms with van der Waals surface area (Å²) < 4.78 is 41.5. The summed E-state index contributed by atoms with van der Waals surface area (Å²) in [5.74, 6) is 0.141. The van der Waals surface area contributed by atoms with Gasteiger partial charge in [0.1, 0.15) is 11.6 Å². The molecular weight excluding hydrogens is 359 g/mol.